The average Bonchev–Trinajstić information content (AvgIpc) is 3.03. The number of hydrogen-bond donors (Lipinski definition) is 2. The van der Waals surface area contributed by atoms with Crippen molar-refractivity contribution in [2.75, 3.05) is 6.54 Å². The number of aryl methyl sites for hydroxylation is 1. The molecule has 0 saturated heterocycles. The number of nitriles is 1. The number of rotatable bonds is 4. The predicted molar refractivity (Wildman–Crippen MR) is 97.1 cm³/mol. The van der Waals surface area contributed by atoms with Gasteiger partial charge in [-0.05, 0) is 43.2 Å². The van der Waals surface area contributed by atoms with Gasteiger partial charge in [-0.15, -0.1) is 0 Å². The molecule has 26 heavy (non-hydrogen) atoms. The molecule has 2 N–H and O–H groups in total. The maximum atomic E-state index is 12.7. The van der Waals surface area contributed by atoms with Crippen molar-refractivity contribution in [1.29, 1.82) is 5.26 Å². The molecule has 3 aromatic rings. The number of hydrogen-bond acceptors (Lipinski definition) is 4. The molecule has 0 aliphatic rings. The van der Waals surface area contributed by atoms with Gasteiger partial charge in [-0.1, -0.05) is 12.1 Å². The summed E-state index contributed by atoms with van der Waals surface area (Å²) in [6.07, 6.45) is 3.06. The van der Waals surface area contributed by atoms with Crippen LogP contribution >= 0.6 is 0 Å². The van der Waals surface area contributed by atoms with Crippen LogP contribution in [-0.4, -0.2) is 27.2 Å². The standard InChI is InChI=1S/C19H17N5O2/c1-3-21-18(25)15-10-22-17(8-12(15)2)24-19(26)16(11-23-24)14-6-4-13(9-20)5-7-14/h4-8,10-11,23H,3H2,1-2H3,(H,21,25). The largest absolute Gasteiger partial charge is 0.352 e. The van der Waals surface area contributed by atoms with Crippen LogP contribution < -0.4 is 10.9 Å². The zero-order valence-electron chi connectivity index (χ0n) is 14.4. The van der Waals surface area contributed by atoms with Gasteiger partial charge in [0.05, 0.1) is 22.8 Å². The Morgan fingerprint density at radius 3 is 2.69 bits per heavy atom. The van der Waals surface area contributed by atoms with Crippen molar-refractivity contribution in [3.8, 4) is 23.0 Å². The Morgan fingerprint density at radius 1 is 1.35 bits per heavy atom. The van der Waals surface area contributed by atoms with Gasteiger partial charge in [0, 0.05) is 18.9 Å². The van der Waals surface area contributed by atoms with Gasteiger partial charge in [-0.3, -0.25) is 14.7 Å². The summed E-state index contributed by atoms with van der Waals surface area (Å²) in [5.74, 6) is 0.210. The van der Waals surface area contributed by atoms with Gasteiger partial charge in [0.2, 0.25) is 0 Å². The van der Waals surface area contributed by atoms with Crippen LogP contribution in [0.5, 0.6) is 0 Å². The van der Waals surface area contributed by atoms with E-state index in [2.05, 4.69) is 15.4 Å². The van der Waals surface area contributed by atoms with Crippen molar-refractivity contribution in [2.45, 2.75) is 13.8 Å². The van der Waals surface area contributed by atoms with E-state index >= 15 is 0 Å². The number of aromatic amines is 1. The van der Waals surface area contributed by atoms with E-state index in [1.165, 1.54) is 10.9 Å². The fraction of sp³-hybridized carbons (Fsp3) is 0.158. The van der Waals surface area contributed by atoms with Gasteiger partial charge < -0.3 is 5.32 Å². The van der Waals surface area contributed by atoms with Crippen LogP contribution in [0, 0.1) is 18.3 Å². The molecule has 1 aromatic carbocycles. The Bertz CT molecular complexity index is 1050. The summed E-state index contributed by atoms with van der Waals surface area (Å²) in [4.78, 5) is 28.9. The number of benzene rings is 1. The minimum atomic E-state index is -0.257. The van der Waals surface area contributed by atoms with Gasteiger partial charge >= 0.3 is 0 Å². The minimum absolute atomic E-state index is 0.193. The van der Waals surface area contributed by atoms with Gasteiger partial charge in [0.1, 0.15) is 0 Å². The van der Waals surface area contributed by atoms with Crippen molar-refractivity contribution in [2.24, 2.45) is 0 Å². The first-order valence-electron chi connectivity index (χ1n) is 8.11. The third-order valence-electron chi connectivity index (χ3n) is 4.00. The highest BCUT2D eigenvalue weighted by atomic mass is 16.1. The maximum absolute atomic E-state index is 12.7. The third-order valence-corrected chi connectivity index (χ3v) is 4.00. The topological polar surface area (TPSA) is 104 Å². The number of H-pyrrole nitrogens is 1. The number of nitrogens with one attached hydrogen (secondary N) is 2. The fourth-order valence-electron chi connectivity index (χ4n) is 2.63. The highest BCUT2D eigenvalue weighted by Crippen LogP contribution is 2.17. The lowest BCUT2D eigenvalue weighted by Crippen LogP contribution is -2.24. The van der Waals surface area contributed by atoms with Crippen LogP contribution in [0.25, 0.3) is 16.9 Å². The molecule has 2 heterocycles. The molecule has 0 aliphatic carbocycles. The lowest BCUT2D eigenvalue weighted by molar-refractivity contribution is 0.0955. The molecule has 1 amide bonds. The second-order valence-corrected chi connectivity index (χ2v) is 5.73. The van der Waals surface area contributed by atoms with E-state index in [1.54, 1.807) is 43.5 Å². The van der Waals surface area contributed by atoms with Gasteiger partial charge in [0.25, 0.3) is 11.5 Å². The molecular formula is C19H17N5O2. The number of aromatic nitrogens is 3. The Labute approximate surface area is 149 Å². The molecule has 2 aromatic heterocycles. The van der Waals surface area contributed by atoms with Gasteiger partial charge in [-0.25, -0.2) is 9.67 Å². The van der Waals surface area contributed by atoms with E-state index < -0.39 is 0 Å². The van der Waals surface area contributed by atoms with Crippen LogP contribution in [0.4, 0.5) is 0 Å². The van der Waals surface area contributed by atoms with Crippen LogP contribution in [0.1, 0.15) is 28.4 Å². The Balaban J connectivity index is 1.97. The number of amides is 1. The SMILES string of the molecule is CCNC(=O)c1cnc(-n2[nH]cc(-c3ccc(C#N)cc3)c2=O)cc1C. The lowest BCUT2D eigenvalue weighted by atomic mass is 10.1. The molecule has 0 saturated carbocycles. The highest BCUT2D eigenvalue weighted by molar-refractivity contribution is 5.95. The number of nitrogens with zero attached hydrogens (tertiary/aromatic N) is 3. The second kappa shape index (κ2) is 7.07. The van der Waals surface area contributed by atoms with E-state index in [4.69, 9.17) is 5.26 Å². The molecule has 0 atom stereocenters. The lowest BCUT2D eigenvalue weighted by Gasteiger charge is -2.07. The minimum Gasteiger partial charge on any atom is -0.352 e. The zero-order valence-corrected chi connectivity index (χ0v) is 14.4. The molecule has 0 aliphatic heterocycles. The monoisotopic (exact) mass is 347 g/mol. The summed E-state index contributed by atoms with van der Waals surface area (Å²) in [7, 11) is 0. The van der Waals surface area contributed by atoms with E-state index in [0.717, 1.165) is 5.56 Å². The molecule has 130 valence electrons. The van der Waals surface area contributed by atoms with Gasteiger partial charge in [0.15, 0.2) is 5.82 Å². The van der Waals surface area contributed by atoms with Crippen LogP contribution in [0.2, 0.25) is 0 Å². The van der Waals surface area contributed by atoms with Crippen molar-refractivity contribution in [3.05, 3.63) is 69.8 Å². The van der Waals surface area contributed by atoms with Crippen LogP contribution in [-0.2, 0) is 0 Å². The summed E-state index contributed by atoms with van der Waals surface area (Å²) in [6.45, 7) is 4.17. The van der Waals surface area contributed by atoms with E-state index in [-0.39, 0.29) is 11.5 Å². The zero-order chi connectivity index (χ0) is 18.7. The molecule has 0 spiro atoms. The summed E-state index contributed by atoms with van der Waals surface area (Å²) in [5.41, 5.74) is 2.65. The van der Waals surface area contributed by atoms with Crippen molar-refractivity contribution < 1.29 is 4.79 Å². The Kier molecular flexibility index (Phi) is 4.67. The molecule has 0 bridgehead atoms. The first-order chi connectivity index (χ1) is 12.5. The Morgan fingerprint density at radius 2 is 2.08 bits per heavy atom. The number of carbonyl (C=O) groups excluding carboxylic acids is 1. The summed E-state index contributed by atoms with van der Waals surface area (Å²) in [6, 6.07) is 10.5. The van der Waals surface area contributed by atoms with E-state index in [9.17, 15) is 9.59 Å². The van der Waals surface area contributed by atoms with Crippen molar-refractivity contribution in [1.82, 2.24) is 20.1 Å². The fourth-order valence-corrected chi connectivity index (χ4v) is 2.63. The highest BCUT2D eigenvalue weighted by Gasteiger charge is 2.14. The average molecular weight is 347 g/mol. The molecule has 7 heteroatoms. The summed E-state index contributed by atoms with van der Waals surface area (Å²) < 4.78 is 1.32. The van der Waals surface area contributed by atoms with Crippen LogP contribution in [0.3, 0.4) is 0 Å². The van der Waals surface area contributed by atoms with Crippen molar-refractivity contribution in [3.63, 3.8) is 0 Å². The summed E-state index contributed by atoms with van der Waals surface area (Å²) in [5, 5.41) is 14.5. The molecule has 0 radical (unpaired) electrons. The smallest absolute Gasteiger partial charge is 0.280 e. The maximum Gasteiger partial charge on any atom is 0.280 e. The number of pyridine rings is 1. The van der Waals surface area contributed by atoms with Crippen LogP contribution in [0.15, 0.2) is 47.5 Å². The molecule has 7 nitrogen and oxygen atoms in total. The Hall–Kier alpha value is -3.66. The van der Waals surface area contributed by atoms with E-state index in [1.807, 2.05) is 13.0 Å². The van der Waals surface area contributed by atoms with Gasteiger partial charge in [-0.2, -0.15) is 5.26 Å². The predicted octanol–water partition coefficient (Wildman–Crippen LogP) is 2.16. The number of carbonyl (C=O) groups is 1. The first kappa shape index (κ1) is 17.2. The van der Waals surface area contributed by atoms with Crippen molar-refractivity contribution >= 4 is 5.91 Å². The molecule has 0 fully saturated rings. The first-order valence-corrected chi connectivity index (χ1v) is 8.11. The molecular weight excluding hydrogens is 330 g/mol. The second-order valence-electron chi connectivity index (χ2n) is 5.73. The molecule has 0 unspecified atom stereocenters. The quantitative estimate of drug-likeness (QED) is 0.754. The molecule has 3 rings (SSSR count). The normalized spacial score (nSPS) is 10.3. The summed E-state index contributed by atoms with van der Waals surface area (Å²) >= 11 is 0. The third kappa shape index (κ3) is 3.13. The van der Waals surface area contributed by atoms with E-state index in [0.29, 0.717) is 34.6 Å².